The van der Waals surface area contributed by atoms with Gasteiger partial charge in [-0.1, -0.05) is 18.2 Å². The van der Waals surface area contributed by atoms with E-state index in [1.54, 1.807) is 23.5 Å². The van der Waals surface area contributed by atoms with Crippen LogP contribution in [0.5, 0.6) is 0 Å². The fraction of sp³-hybridized carbons (Fsp3) is 0.192. The van der Waals surface area contributed by atoms with Crippen molar-refractivity contribution in [3.63, 3.8) is 0 Å². The van der Waals surface area contributed by atoms with Gasteiger partial charge in [0, 0.05) is 24.3 Å². The molecular formula is C26H23FN6OS. The normalized spacial score (nSPS) is 14.0. The third kappa shape index (κ3) is 4.13. The van der Waals surface area contributed by atoms with E-state index in [9.17, 15) is 4.39 Å². The summed E-state index contributed by atoms with van der Waals surface area (Å²) in [5.41, 5.74) is 11.1. The number of fused-ring (bicyclic) bond motifs is 1. The summed E-state index contributed by atoms with van der Waals surface area (Å²) in [5, 5.41) is 0.819. The van der Waals surface area contributed by atoms with Crippen molar-refractivity contribution < 1.29 is 9.13 Å². The number of benzene rings is 2. The molecule has 2 aromatic carbocycles. The molecule has 0 bridgehead atoms. The van der Waals surface area contributed by atoms with Gasteiger partial charge in [0.2, 0.25) is 0 Å². The summed E-state index contributed by atoms with van der Waals surface area (Å²) in [6.07, 6.45) is 3.33. The summed E-state index contributed by atoms with van der Waals surface area (Å²) in [5.74, 6) is 0.170. The van der Waals surface area contributed by atoms with Crippen LogP contribution in [0.3, 0.4) is 0 Å². The molecule has 0 radical (unpaired) electrons. The molecule has 0 atom stereocenters. The smallest absolute Gasteiger partial charge is 0.135 e. The van der Waals surface area contributed by atoms with Gasteiger partial charge in [0.15, 0.2) is 0 Å². The van der Waals surface area contributed by atoms with Crippen LogP contribution in [0.25, 0.3) is 32.0 Å². The Hall–Kier alpha value is -3.82. The molecule has 0 aliphatic carbocycles. The number of para-hydroxylation sites is 1. The number of halogens is 1. The average Bonchev–Trinajstić information content (AvgIpc) is 3.50. The van der Waals surface area contributed by atoms with Gasteiger partial charge in [0.25, 0.3) is 0 Å². The summed E-state index contributed by atoms with van der Waals surface area (Å²) in [4.78, 5) is 17.5. The second-order valence-electron chi connectivity index (χ2n) is 8.39. The number of morpholine rings is 1. The molecule has 176 valence electrons. The highest BCUT2D eigenvalue weighted by Crippen LogP contribution is 2.39. The third-order valence-electron chi connectivity index (χ3n) is 6.23. The van der Waals surface area contributed by atoms with E-state index >= 15 is 0 Å². The van der Waals surface area contributed by atoms with Crippen LogP contribution in [-0.4, -0.2) is 45.8 Å². The van der Waals surface area contributed by atoms with Gasteiger partial charge in [0.05, 0.1) is 47.7 Å². The summed E-state index contributed by atoms with van der Waals surface area (Å²) >= 11 is 1.55. The zero-order valence-corrected chi connectivity index (χ0v) is 19.7. The molecule has 0 unspecified atom stereocenters. The predicted molar refractivity (Wildman–Crippen MR) is 137 cm³/mol. The lowest BCUT2D eigenvalue weighted by atomic mass is 10.1. The van der Waals surface area contributed by atoms with Gasteiger partial charge in [0.1, 0.15) is 22.8 Å². The van der Waals surface area contributed by atoms with Crippen LogP contribution < -0.4 is 10.6 Å². The maximum atomic E-state index is 13.7. The van der Waals surface area contributed by atoms with Crippen molar-refractivity contribution >= 4 is 33.1 Å². The van der Waals surface area contributed by atoms with E-state index in [1.807, 2.05) is 12.4 Å². The van der Waals surface area contributed by atoms with Gasteiger partial charge in [-0.3, -0.25) is 0 Å². The minimum absolute atomic E-state index is 0.279. The van der Waals surface area contributed by atoms with Gasteiger partial charge in [-0.15, -0.1) is 11.3 Å². The lowest BCUT2D eigenvalue weighted by molar-refractivity contribution is 0.122. The average molecular weight is 487 g/mol. The molecule has 0 saturated carbocycles. The second kappa shape index (κ2) is 9.09. The van der Waals surface area contributed by atoms with Crippen LogP contribution in [0, 0.1) is 5.82 Å². The van der Waals surface area contributed by atoms with Crippen molar-refractivity contribution in [2.75, 3.05) is 36.9 Å². The predicted octanol–water partition coefficient (Wildman–Crippen LogP) is 4.83. The lowest BCUT2D eigenvalue weighted by Crippen LogP contribution is -2.36. The zero-order chi connectivity index (χ0) is 23.8. The monoisotopic (exact) mass is 486 g/mol. The minimum atomic E-state index is -0.279. The molecular weight excluding hydrogens is 463 g/mol. The van der Waals surface area contributed by atoms with E-state index in [0.29, 0.717) is 12.4 Å². The van der Waals surface area contributed by atoms with Gasteiger partial charge in [-0.05, 0) is 42.0 Å². The summed E-state index contributed by atoms with van der Waals surface area (Å²) < 4.78 is 21.4. The van der Waals surface area contributed by atoms with Gasteiger partial charge in [-0.25, -0.2) is 19.3 Å². The van der Waals surface area contributed by atoms with Crippen molar-refractivity contribution in [2.45, 2.75) is 6.54 Å². The van der Waals surface area contributed by atoms with E-state index in [2.05, 4.69) is 43.7 Å². The second-order valence-corrected chi connectivity index (χ2v) is 9.42. The van der Waals surface area contributed by atoms with E-state index in [1.165, 1.54) is 29.7 Å². The number of nitrogen functional groups attached to an aromatic ring is 1. The molecule has 9 heteroatoms. The number of aromatic nitrogens is 4. The number of anilines is 2. The number of rotatable bonds is 5. The Labute approximate surface area is 205 Å². The van der Waals surface area contributed by atoms with Gasteiger partial charge < -0.3 is 19.9 Å². The third-order valence-corrected chi connectivity index (χ3v) is 7.28. The number of nitrogens with zero attached hydrogens (tertiary/aromatic N) is 5. The van der Waals surface area contributed by atoms with Crippen LogP contribution in [-0.2, 0) is 11.3 Å². The fourth-order valence-corrected chi connectivity index (χ4v) is 5.58. The summed E-state index contributed by atoms with van der Waals surface area (Å²) in [6.45, 7) is 3.81. The number of hydrogen-bond acceptors (Lipinski definition) is 7. The Morgan fingerprint density at radius 1 is 1.00 bits per heavy atom. The number of imidazole rings is 1. The van der Waals surface area contributed by atoms with E-state index in [-0.39, 0.29) is 5.82 Å². The largest absolute Gasteiger partial charge is 0.383 e. The lowest BCUT2D eigenvalue weighted by Gasteiger charge is -2.30. The van der Waals surface area contributed by atoms with Crippen molar-refractivity contribution in [1.82, 2.24) is 19.5 Å². The van der Waals surface area contributed by atoms with Gasteiger partial charge >= 0.3 is 0 Å². The number of ether oxygens (including phenoxy) is 1. The SMILES string of the molecule is Nc1ncnc2sc(-c3c(-c4ccc(F)cc4)ncn3Cc3ccccc3N3CCOCC3)cc12. The maximum Gasteiger partial charge on any atom is 0.135 e. The van der Waals surface area contributed by atoms with E-state index < -0.39 is 0 Å². The van der Waals surface area contributed by atoms with Crippen LogP contribution in [0.2, 0.25) is 0 Å². The van der Waals surface area contributed by atoms with Crippen molar-refractivity contribution in [2.24, 2.45) is 0 Å². The first-order valence-corrected chi connectivity index (χ1v) is 12.2. The Morgan fingerprint density at radius 3 is 2.60 bits per heavy atom. The molecule has 1 aliphatic rings. The highest BCUT2D eigenvalue weighted by molar-refractivity contribution is 7.21. The Balaban J connectivity index is 1.48. The molecule has 4 heterocycles. The first-order valence-electron chi connectivity index (χ1n) is 11.4. The van der Waals surface area contributed by atoms with Crippen LogP contribution >= 0.6 is 11.3 Å². The molecule has 0 amide bonds. The summed E-state index contributed by atoms with van der Waals surface area (Å²) in [6, 6.07) is 16.9. The Morgan fingerprint density at radius 2 is 1.80 bits per heavy atom. The molecule has 2 N–H and O–H groups in total. The first-order chi connectivity index (χ1) is 17.2. The number of nitrogens with two attached hydrogens (primary N) is 1. The molecule has 3 aromatic heterocycles. The Kier molecular flexibility index (Phi) is 5.63. The van der Waals surface area contributed by atoms with Crippen molar-refractivity contribution in [3.05, 3.63) is 78.6 Å². The number of thiophene rings is 1. The maximum absolute atomic E-state index is 13.7. The first kappa shape index (κ1) is 21.7. The molecule has 7 nitrogen and oxygen atoms in total. The number of hydrogen-bond donors (Lipinski definition) is 1. The molecule has 6 rings (SSSR count). The van der Waals surface area contributed by atoms with Crippen LogP contribution in [0.1, 0.15) is 5.56 Å². The van der Waals surface area contributed by atoms with Crippen LogP contribution in [0.4, 0.5) is 15.9 Å². The highest BCUT2D eigenvalue weighted by atomic mass is 32.1. The van der Waals surface area contributed by atoms with Crippen molar-refractivity contribution in [3.8, 4) is 21.8 Å². The Bertz CT molecular complexity index is 1490. The topological polar surface area (TPSA) is 82.1 Å². The van der Waals surface area contributed by atoms with Crippen molar-refractivity contribution in [1.29, 1.82) is 0 Å². The zero-order valence-electron chi connectivity index (χ0n) is 18.9. The summed E-state index contributed by atoms with van der Waals surface area (Å²) in [7, 11) is 0. The van der Waals surface area contributed by atoms with Crippen LogP contribution in [0.15, 0.2) is 67.3 Å². The van der Waals surface area contributed by atoms with E-state index in [4.69, 9.17) is 15.5 Å². The molecule has 35 heavy (non-hydrogen) atoms. The molecule has 0 spiro atoms. The molecule has 5 aromatic rings. The molecule has 1 saturated heterocycles. The van der Waals surface area contributed by atoms with Gasteiger partial charge in [-0.2, -0.15) is 0 Å². The molecule has 1 aliphatic heterocycles. The highest BCUT2D eigenvalue weighted by Gasteiger charge is 2.21. The standard InChI is InChI=1S/C26H23FN6OS/c27-19-7-5-17(6-8-19)23-24(22-13-20-25(28)29-15-30-26(20)35-22)33(16-31-23)14-18-3-1-2-4-21(18)32-9-11-34-12-10-32/h1-8,13,15-16H,9-12,14H2,(H2,28,29,30). The fourth-order valence-electron chi connectivity index (χ4n) is 4.51. The minimum Gasteiger partial charge on any atom is -0.383 e. The molecule has 1 fully saturated rings. The quantitative estimate of drug-likeness (QED) is 0.383. The van der Waals surface area contributed by atoms with E-state index in [0.717, 1.165) is 58.3 Å².